The summed E-state index contributed by atoms with van der Waals surface area (Å²) in [5, 5.41) is 16.8. The Morgan fingerprint density at radius 3 is 2.53 bits per heavy atom. The molecule has 1 saturated heterocycles. The van der Waals surface area contributed by atoms with Crippen LogP contribution in [0.5, 0.6) is 0 Å². The fourth-order valence-electron chi connectivity index (χ4n) is 3.58. The normalized spacial score (nSPS) is 12.3. The van der Waals surface area contributed by atoms with Crippen molar-refractivity contribution < 1.29 is 14.7 Å². The number of anilines is 1. The molecule has 0 aromatic heterocycles. The smallest absolute Gasteiger partial charge is 0.323 e. The van der Waals surface area contributed by atoms with Crippen molar-refractivity contribution in [3.63, 3.8) is 0 Å². The number of aryl methyl sites for hydroxylation is 1. The lowest BCUT2D eigenvalue weighted by atomic mass is 10.0. The average molecular weight is 455 g/mol. The van der Waals surface area contributed by atoms with Crippen LogP contribution < -0.4 is 10.6 Å². The number of carbonyl (C=O) groups is 2. The van der Waals surface area contributed by atoms with Crippen LogP contribution in [-0.4, -0.2) is 53.9 Å². The highest BCUT2D eigenvalue weighted by Crippen LogP contribution is 2.18. The largest absolute Gasteiger partial charge is 0.480 e. The number of likely N-dealkylation sites (tertiary alicyclic amines) is 1. The van der Waals surface area contributed by atoms with Gasteiger partial charge in [-0.3, -0.25) is 15.0 Å². The number of halogens is 1. The Labute approximate surface area is 194 Å². The number of carbonyl (C=O) groups excluding carboxylic acids is 1. The number of nitrogens with two attached hydrogens (primary N) is 1. The van der Waals surface area contributed by atoms with Crippen molar-refractivity contribution >= 4 is 35.8 Å². The Hall–Kier alpha value is -3.50. The summed E-state index contributed by atoms with van der Waals surface area (Å²) in [6, 6.07) is 12.4. The number of benzene rings is 2. The first-order valence-electron chi connectivity index (χ1n) is 10.1. The second-order valence-corrected chi connectivity index (χ2v) is 7.54. The Morgan fingerprint density at radius 2 is 1.91 bits per heavy atom. The molecule has 0 radical (unpaired) electrons. The highest BCUT2D eigenvalue weighted by molar-refractivity contribution is 5.96. The Kier molecular flexibility index (Phi) is 8.68. The minimum atomic E-state index is -0.976. The van der Waals surface area contributed by atoms with Gasteiger partial charge < -0.3 is 20.6 Å². The zero-order valence-corrected chi connectivity index (χ0v) is 18.7. The minimum Gasteiger partial charge on any atom is -0.480 e. The van der Waals surface area contributed by atoms with Crippen LogP contribution in [0.25, 0.3) is 0 Å². The van der Waals surface area contributed by atoms with E-state index in [1.165, 1.54) is 0 Å². The summed E-state index contributed by atoms with van der Waals surface area (Å²) in [4.78, 5) is 27.4. The lowest BCUT2D eigenvalue weighted by Crippen LogP contribution is -2.30. The van der Waals surface area contributed by atoms with Crippen LogP contribution >= 0.6 is 12.4 Å². The van der Waals surface area contributed by atoms with E-state index in [9.17, 15) is 14.7 Å². The predicted molar refractivity (Wildman–Crippen MR) is 128 cm³/mol. The van der Waals surface area contributed by atoms with Crippen molar-refractivity contribution in [2.24, 2.45) is 5.73 Å². The van der Waals surface area contributed by atoms with Crippen LogP contribution in [0, 0.1) is 24.2 Å². The average Bonchev–Trinajstić information content (AvgIpc) is 3.27. The summed E-state index contributed by atoms with van der Waals surface area (Å²) in [6.07, 6.45) is 2.10. The standard InChI is InChI=1S/C24H26N4O3.ClH/c1-17-14-18(9-10-21(17)24(31)27-11-2-3-12-27)6-5-13-28(16-22(29)30)20-8-4-7-19(15-20)23(25)26;/h4,7-10,14-15H,2-3,11-13,16H2,1H3,(H3,25,26)(H,29,30);1H. The van der Waals surface area contributed by atoms with Gasteiger partial charge in [0, 0.05) is 35.5 Å². The summed E-state index contributed by atoms with van der Waals surface area (Å²) >= 11 is 0. The molecule has 7 nitrogen and oxygen atoms in total. The molecule has 1 heterocycles. The molecule has 1 fully saturated rings. The van der Waals surface area contributed by atoms with Gasteiger partial charge in [-0.25, -0.2) is 0 Å². The van der Waals surface area contributed by atoms with Crippen LogP contribution in [-0.2, 0) is 4.79 Å². The quantitative estimate of drug-likeness (QED) is 0.353. The molecule has 32 heavy (non-hydrogen) atoms. The predicted octanol–water partition coefficient (Wildman–Crippen LogP) is 2.88. The van der Waals surface area contributed by atoms with E-state index in [0.29, 0.717) is 16.8 Å². The molecule has 2 aromatic rings. The molecule has 0 bridgehead atoms. The van der Waals surface area contributed by atoms with E-state index in [2.05, 4.69) is 11.8 Å². The molecular formula is C24H27ClN4O3. The zero-order valence-electron chi connectivity index (χ0n) is 17.9. The monoisotopic (exact) mass is 454 g/mol. The van der Waals surface area contributed by atoms with Crippen LogP contribution in [0.4, 0.5) is 5.69 Å². The van der Waals surface area contributed by atoms with Gasteiger partial charge in [0.15, 0.2) is 0 Å². The Morgan fingerprint density at radius 1 is 1.19 bits per heavy atom. The molecule has 0 unspecified atom stereocenters. The Balaban J connectivity index is 0.00000363. The minimum absolute atomic E-state index is 0. The maximum atomic E-state index is 12.6. The summed E-state index contributed by atoms with van der Waals surface area (Å²) in [7, 11) is 0. The molecule has 0 aliphatic carbocycles. The lowest BCUT2D eigenvalue weighted by molar-refractivity contribution is -0.135. The number of carboxylic acids is 1. The first-order valence-corrected chi connectivity index (χ1v) is 10.1. The third-order valence-corrected chi connectivity index (χ3v) is 5.20. The summed E-state index contributed by atoms with van der Waals surface area (Å²) in [6.45, 7) is 3.49. The zero-order chi connectivity index (χ0) is 22.4. The van der Waals surface area contributed by atoms with Gasteiger partial charge in [-0.2, -0.15) is 0 Å². The van der Waals surface area contributed by atoms with Gasteiger partial charge in [0.25, 0.3) is 5.91 Å². The number of nitrogen functional groups attached to an aromatic ring is 1. The van der Waals surface area contributed by atoms with E-state index in [4.69, 9.17) is 11.1 Å². The molecule has 1 amide bonds. The van der Waals surface area contributed by atoms with Crippen LogP contribution in [0.2, 0.25) is 0 Å². The summed E-state index contributed by atoms with van der Waals surface area (Å²) < 4.78 is 0. The number of aliphatic carboxylic acids is 1. The van der Waals surface area contributed by atoms with Crippen molar-refractivity contribution in [3.05, 3.63) is 64.7 Å². The van der Waals surface area contributed by atoms with Crippen LogP contribution in [0.1, 0.15) is 39.9 Å². The number of carboxylic acid groups (broad SMARTS) is 1. The van der Waals surface area contributed by atoms with E-state index in [0.717, 1.165) is 37.1 Å². The second-order valence-electron chi connectivity index (χ2n) is 7.54. The molecular weight excluding hydrogens is 428 g/mol. The van der Waals surface area contributed by atoms with E-state index >= 15 is 0 Å². The molecule has 1 aliphatic rings. The topological polar surface area (TPSA) is 111 Å². The van der Waals surface area contributed by atoms with Crippen molar-refractivity contribution in [3.8, 4) is 11.8 Å². The van der Waals surface area contributed by atoms with Crippen molar-refractivity contribution in [1.82, 2.24) is 4.90 Å². The number of nitrogens with one attached hydrogen (secondary N) is 1. The number of hydrogen-bond acceptors (Lipinski definition) is 4. The van der Waals surface area contributed by atoms with Gasteiger partial charge in [0.1, 0.15) is 12.4 Å². The third kappa shape index (κ3) is 6.25. The van der Waals surface area contributed by atoms with Crippen LogP contribution in [0.15, 0.2) is 42.5 Å². The molecule has 1 aliphatic heterocycles. The molecule has 2 aromatic carbocycles. The number of amides is 1. The first kappa shape index (κ1) is 24.8. The van der Waals surface area contributed by atoms with Crippen molar-refractivity contribution in [2.45, 2.75) is 19.8 Å². The van der Waals surface area contributed by atoms with Gasteiger partial charge in [0.2, 0.25) is 0 Å². The molecule has 3 rings (SSSR count). The van der Waals surface area contributed by atoms with Gasteiger partial charge in [-0.05, 0) is 55.7 Å². The number of nitrogens with zero attached hydrogens (tertiary/aromatic N) is 2. The first-order chi connectivity index (χ1) is 14.8. The number of rotatable bonds is 6. The highest BCUT2D eigenvalue weighted by atomic mass is 35.5. The van der Waals surface area contributed by atoms with Gasteiger partial charge >= 0.3 is 5.97 Å². The SMILES string of the molecule is Cc1cc(C#CCN(CC(=O)O)c2cccc(C(=N)N)c2)ccc1C(=O)N1CCCC1.Cl. The highest BCUT2D eigenvalue weighted by Gasteiger charge is 2.20. The van der Waals surface area contributed by atoms with E-state index in [-0.39, 0.29) is 37.2 Å². The third-order valence-electron chi connectivity index (χ3n) is 5.20. The second kappa shape index (κ2) is 11.2. The van der Waals surface area contributed by atoms with Gasteiger partial charge in [0.05, 0.1) is 6.54 Å². The number of hydrogen-bond donors (Lipinski definition) is 3. The molecule has 0 atom stereocenters. The number of amidine groups is 1. The Bertz CT molecular complexity index is 1070. The maximum absolute atomic E-state index is 12.6. The summed E-state index contributed by atoms with van der Waals surface area (Å²) in [5.41, 5.74) is 9.03. The van der Waals surface area contributed by atoms with Crippen molar-refractivity contribution in [2.75, 3.05) is 31.1 Å². The fraction of sp³-hybridized carbons (Fsp3) is 0.292. The molecule has 168 valence electrons. The fourth-order valence-corrected chi connectivity index (χ4v) is 3.58. The van der Waals surface area contributed by atoms with Gasteiger partial charge in [-0.1, -0.05) is 24.0 Å². The molecule has 0 spiro atoms. The van der Waals surface area contributed by atoms with E-state index in [1.807, 2.05) is 30.0 Å². The van der Waals surface area contributed by atoms with Gasteiger partial charge in [-0.15, -0.1) is 12.4 Å². The summed E-state index contributed by atoms with van der Waals surface area (Å²) in [5.74, 6) is 5.08. The molecule has 4 N–H and O–H groups in total. The van der Waals surface area contributed by atoms with E-state index in [1.54, 1.807) is 29.2 Å². The van der Waals surface area contributed by atoms with Crippen LogP contribution in [0.3, 0.4) is 0 Å². The van der Waals surface area contributed by atoms with E-state index < -0.39 is 5.97 Å². The maximum Gasteiger partial charge on any atom is 0.323 e. The molecule has 8 heteroatoms. The lowest BCUT2D eigenvalue weighted by Gasteiger charge is -2.20. The van der Waals surface area contributed by atoms with Crippen molar-refractivity contribution in [1.29, 1.82) is 5.41 Å². The molecule has 0 saturated carbocycles.